The molecular weight excluding hydrogens is 644 g/mol. The van der Waals surface area contributed by atoms with E-state index in [0.29, 0.717) is 43.9 Å². The second-order valence-electron chi connectivity index (χ2n) is 8.06. The number of aliphatic hydroxyl groups is 1. The van der Waals surface area contributed by atoms with E-state index in [1.165, 1.54) is 20.4 Å². The Morgan fingerprint density at radius 1 is 1.18 bits per heavy atom. The number of nitrogens with one attached hydrogen (secondary N) is 3. The molecule has 3 rings (SSSR count). The van der Waals surface area contributed by atoms with E-state index in [-0.39, 0.29) is 23.7 Å². The van der Waals surface area contributed by atoms with E-state index >= 15 is 0 Å². The largest absolute Gasteiger partial charge is 0.503 e. The number of benzene rings is 2. The molecule has 0 saturated heterocycles. The number of amides is 2. The van der Waals surface area contributed by atoms with Crippen LogP contribution in [0.4, 0.5) is 4.79 Å². The van der Waals surface area contributed by atoms with Crippen molar-refractivity contribution in [3.05, 3.63) is 55.6 Å². The molecule has 1 heterocycles. The monoisotopic (exact) mass is 670 g/mol. The number of methoxy groups -OCH3 is 2. The molecule has 2 aromatic carbocycles. The Hall–Kier alpha value is -3.49. The number of halogens is 2. The maximum atomic E-state index is 12.4. The van der Waals surface area contributed by atoms with Gasteiger partial charge < -0.3 is 39.8 Å². The highest BCUT2D eigenvalue weighted by Gasteiger charge is 2.32. The SMILES string of the molecule is CCOc1cc([C@@H]2NC(=O)NC(C)=C2C(=O)OC)ccc1OC[C@H](O)N/N=C\c1cc(OC)c(O)c(Br)c1Br. The smallest absolute Gasteiger partial charge is 0.337 e. The number of ether oxygens (including phenoxy) is 4. The Morgan fingerprint density at radius 2 is 1.92 bits per heavy atom. The fourth-order valence-electron chi connectivity index (χ4n) is 3.68. The zero-order valence-electron chi connectivity index (χ0n) is 21.5. The predicted octanol–water partition coefficient (Wildman–Crippen LogP) is 3.45. The third kappa shape index (κ3) is 7.13. The summed E-state index contributed by atoms with van der Waals surface area (Å²) in [7, 11) is 2.69. The molecule has 1 aliphatic heterocycles. The van der Waals surface area contributed by atoms with E-state index in [1.54, 1.807) is 38.1 Å². The molecule has 1 aliphatic rings. The number of rotatable bonds is 11. The number of hydrazone groups is 1. The maximum Gasteiger partial charge on any atom is 0.337 e. The van der Waals surface area contributed by atoms with Crippen molar-refractivity contribution < 1.29 is 38.7 Å². The molecule has 14 heteroatoms. The molecule has 2 amide bonds. The number of hydrogen-bond acceptors (Lipinski definition) is 10. The highest BCUT2D eigenvalue weighted by Crippen LogP contribution is 2.41. The first-order valence-electron chi connectivity index (χ1n) is 11.6. The number of aliphatic hydroxyl groups excluding tert-OH is 1. The fourth-order valence-corrected chi connectivity index (χ4v) is 4.51. The van der Waals surface area contributed by atoms with Crippen LogP contribution < -0.4 is 30.3 Å². The summed E-state index contributed by atoms with van der Waals surface area (Å²) >= 11 is 6.64. The number of carbonyl (C=O) groups is 2. The summed E-state index contributed by atoms with van der Waals surface area (Å²) in [5, 5.41) is 29.7. The van der Waals surface area contributed by atoms with Gasteiger partial charge in [-0.15, -0.1) is 0 Å². The van der Waals surface area contributed by atoms with Crippen molar-refractivity contribution in [3.8, 4) is 23.0 Å². The van der Waals surface area contributed by atoms with Crippen molar-refractivity contribution in [1.29, 1.82) is 0 Å². The summed E-state index contributed by atoms with van der Waals surface area (Å²) in [6.07, 6.45) is 0.249. The summed E-state index contributed by atoms with van der Waals surface area (Å²) in [5.74, 6) is 0.291. The summed E-state index contributed by atoms with van der Waals surface area (Å²) < 4.78 is 22.4. The molecule has 0 bridgehead atoms. The Bertz CT molecular complexity index is 1300. The molecule has 0 spiro atoms. The average molecular weight is 672 g/mol. The van der Waals surface area contributed by atoms with E-state index < -0.39 is 24.3 Å². The van der Waals surface area contributed by atoms with Gasteiger partial charge in [-0.05, 0) is 69.5 Å². The highest BCUT2D eigenvalue weighted by atomic mass is 79.9. The van der Waals surface area contributed by atoms with Gasteiger partial charge in [-0.25, -0.2) is 9.59 Å². The summed E-state index contributed by atoms with van der Waals surface area (Å²) in [6.45, 7) is 3.55. The van der Waals surface area contributed by atoms with Gasteiger partial charge in [0.2, 0.25) is 0 Å². The molecule has 0 aliphatic carbocycles. The number of aromatic hydroxyl groups is 1. The second-order valence-corrected chi connectivity index (χ2v) is 9.65. The summed E-state index contributed by atoms with van der Waals surface area (Å²) in [6, 6.07) is 5.29. The zero-order chi connectivity index (χ0) is 28.7. The predicted molar refractivity (Wildman–Crippen MR) is 149 cm³/mol. The standard InChI is InChI=1S/C25H28Br2N4O8/c1-5-38-16-8-13(22-19(24(34)37-4)12(2)29-25(35)30-22)6-7-15(16)39-11-18(32)31-28-10-14-9-17(36-3)23(33)21(27)20(14)26/h6-10,18,22,31-33H,5,11H2,1-4H3,(H2,29,30,35)/b28-10-/t18-,22-/m0/s1. The highest BCUT2D eigenvalue weighted by molar-refractivity contribution is 9.13. The first-order valence-corrected chi connectivity index (χ1v) is 13.2. The van der Waals surface area contributed by atoms with Gasteiger partial charge in [0.05, 0.1) is 43.1 Å². The van der Waals surface area contributed by atoms with Gasteiger partial charge in [-0.3, -0.25) is 5.43 Å². The molecule has 0 fully saturated rings. The third-order valence-electron chi connectivity index (χ3n) is 5.49. The van der Waals surface area contributed by atoms with Gasteiger partial charge in [-0.1, -0.05) is 6.07 Å². The molecule has 0 aromatic heterocycles. The summed E-state index contributed by atoms with van der Waals surface area (Å²) in [4.78, 5) is 24.5. The van der Waals surface area contributed by atoms with Crippen LogP contribution >= 0.6 is 31.9 Å². The lowest BCUT2D eigenvalue weighted by Crippen LogP contribution is -2.45. The molecule has 12 nitrogen and oxygen atoms in total. The molecule has 0 unspecified atom stereocenters. The first-order chi connectivity index (χ1) is 18.6. The third-order valence-corrected chi connectivity index (χ3v) is 7.65. The van der Waals surface area contributed by atoms with E-state index in [9.17, 15) is 19.8 Å². The van der Waals surface area contributed by atoms with Crippen LogP contribution in [0.2, 0.25) is 0 Å². The number of urea groups is 1. The van der Waals surface area contributed by atoms with Crippen molar-refractivity contribution in [2.45, 2.75) is 26.1 Å². The molecule has 5 N–H and O–H groups in total. The topological polar surface area (TPSA) is 160 Å². The van der Waals surface area contributed by atoms with Crippen molar-refractivity contribution >= 4 is 50.1 Å². The number of hydrogen-bond donors (Lipinski definition) is 5. The molecule has 39 heavy (non-hydrogen) atoms. The van der Waals surface area contributed by atoms with Gasteiger partial charge in [0.25, 0.3) is 0 Å². The number of carbonyl (C=O) groups excluding carboxylic acids is 2. The number of phenols is 1. The van der Waals surface area contributed by atoms with Crippen molar-refractivity contribution in [2.75, 3.05) is 27.4 Å². The van der Waals surface area contributed by atoms with Crippen LogP contribution in [0.15, 0.2) is 49.6 Å². The number of esters is 1. The van der Waals surface area contributed by atoms with Gasteiger partial charge in [0.15, 0.2) is 29.2 Å². The number of allylic oxidation sites excluding steroid dienone is 1. The van der Waals surface area contributed by atoms with Crippen molar-refractivity contribution in [1.82, 2.24) is 16.1 Å². The lowest BCUT2D eigenvalue weighted by atomic mass is 9.95. The molecule has 2 aromatic rings. The van der Waals surface area contributed by atoms with E-state index in [0.717, 1.165) is 0 Å². The zero-order valence-corrected chi connectivity index (χ0v) is 24.7. The first kappa shape index (κ1) is 30.1. The Morgan fingerprint density at radius 3 is 2.59 bits per heavy atom. The van der Waals surface area contributed by atoms with Gasteiger partial charge in [0.1, 0.15) is 6.61 Å². The van der Waals surface area contributed by atoms with E-state index in [1.807, 2.05) is 0 Å². The van der Waals surface area contributed by atoms with Crippen LogP contribution in [0.25, 0.3) is 0 Å². The number of phenolic OH excluding ortho intramolecular Hbond substituents is 1. The quantitative estimate of drug-likeness (QED) is 0.104. The Balaban J connectivity index is 1.72. The Labute approximate surface area is 241 Å². The summed E-state index contributed by atoms with van der Waals surface area (Å²) in [5.41, 5.74) is 4.35. The molecule has 210 valence electrons. The molecular formula is C25H28Br2N4O8. The minimum atomic E-state index is -1.18. The molecule has 2 atom stereocenters. The van der Waals surface area contributed by atoms with E-state index in [2.05, 4.69) is 53.0 Å². The normalized spacial score (nSPS) is 15.9. The minimum absolute atomic E-state index is 0.0609. The van der Waals surface area contributed by atoms with Crippen LogP contribution in [0.1, 0.15) is 31.0 Å². The van der Waals surface area contributed by atoms with Crippen molar-refractivity contribution in [2.24, 2.45) is 5.10 Å². The van der Waals surface area contributed by atoms with Crippen molar-refractivity contribution in [3.63, 3.8) is 0 Å². The minimum Gasteiger partial charge on any atom is -0.503 e. The van der Waals surface area contributed by atoms with Gasteiger partial charge in [-0.2, -0.15) is 5.10 Å². The van der Waals surface area contributed by atoms with Crippen LogP contribution in [0.5, 0.6) is 23.0 Å². The molecule has 0 saturated carbocycles. The molecule has 0 radical (unpaired) electrons. The van der Waals surface area contributed by atoms with Crippen LogP contribution in [0, 0.1) is 0 Å². The van der Waals surface area contributed by atoms with Gasteiger partial charge in [0, 0.05) is 15.7 Å². The van der Waals surface area contributed by atoms with E-state index in [4.69, 9.17) is 18.9 Å². The van der Waals surface area contributed by atoms with Crippen LogP contribution in [-0.4, -0.2) is 62.1 Å². The fraction of sp³-hybridized carbons (Fsp3) is 0.320. The van der Waals surface area contributed by atoms with Crippen LogP contribution in [0.3, 0.4) is 0 Å². The second kappa shape index (κ2) is 13.5. The van der Waals surface area contributed by atoms with Gasteiger partial charge >= 0.3 is 12.0 Å². The maximum absolute atomic E-state index is 12.4. The van der Waals surface area contributed by atoms with Crippen LogP contribution in [-0.2, 0) is 9.53 Å². The average Bonchev–Trinajstić information content (AvgIpc) is 2.91. The Kier molecular flexibility index (Phi) is 10.4. The number of nitrogens with zero attached hydrogens (tertiary/aromatic N) is 1. The lowest BCUT2D eigenvalue weighted by Gasteiger charge is -2.28. The lowest BCUT2D eigenvalue weighted by molar-refractivity contribution is -0.136.